The second-order valence-corrected chi connectivity index (χ2v) is 6.17. The summed E-state index contributed by atoms with van der Waals surface area (Å²) in [6.07, 6.45) is 3.95. The van der Waals surface area contributed by atoms with E-state index in [1.165, 1.54) is 38.9 Å². The molecule has 2 unspecified atom stereocenters. The lowest BCUT2D eigenvalue weighted by Crippen LogP contribution is -2.47. The molecule has 0 spiro atoms. The summed E-state index contributed by atoms with van der Waals surface area (Å²) in [5.41, 5.74) is 0. The average Bonchev–Trinajstić information content (AvgIpc) is 2.37. The van der Waals surface area contributed by atoms with Gasteiger partial charge in [0.15, 0.2) is 0 Å². The van der Waals surface area contributed by atoms with Gasteiger partial charge < -0.3 is 15.1 Å². The van der Waals surface area contributed by atoms with Crippen molar-refractivity contribution in [2.75, 3.05) is 40.3 Å². The van der Waals surface area contributed by atoms with Gasteiger partial charge in [0.05, 0.1) is 0 Å². The van der Waals surface area contributed by atoms with E-state index < -0.39 is 0 Å². The topological polar surface area (TPSA) is 18.5 Å². The smallest absolute Gasteiger partial charge is 0.0215 e. The highest BCUT2D eigenvalue weighted by Crippen LogP contribution is 2.18. The minimum Gasteiger partial charge on any atom is -0.313 e. The van der Waals surface area contributed by atoms with Gasteiger partial charge in [-0.25, -0.2) is 0 Å². The van der Waals surface area contributed by atoms with E-state index in [-0.39, 0.29) is 0 Å². The fourth-order valence-electron chi connectivity index (χ4n) is 2.74. The minimum absolute atomic E-state index is 0.584. The van der Waals surface area contributed by atoms with Gasteiger partial charge in [0.1, 0.15) is 0 Å². The van der Waals surface area contributed by atoms with Crippen molar-refractivity contribution in [1.82, 2.24) is 15.1 Å². The number of likely N-dealkylation sites (tertiary alicyclic amines) is 1. The van der Waals surface area contributed by atoms with Gasteiger partial charge in [-0.15, -0.1) is 0 Å². The quantitative estimate of drug-likeness (QED) is 0.751. The van der Waals surface area contributed by atoms with Gasteiger partial charge in [0.25, 0.3) is 0 Å². The Bertz CT molecular complexity index is 212. The summed E-state index contributed by atoms with van der Waals surface area (Å²) in [6, 6.07) is 1.21. The first-order valence-corrected chi connectivity index (χ1v) is 7.66. The lowest BCUT2D eigenvalue weighted by molar-refractivity contribution is 0.140. The predicted molar refractivity (Wildman–Crippen MR) is 80.1 cm³/mol. The van der Waals surface area contributed by atoms with Crippen LogP contribution in [0.1, 0.15) is 40.0 Å². The van der Waals surface area contributed by atoms with Gasteiger partial charge in [-0.05, 0) is 72.8 Å². The van der Waals surface area contributed by atoms with Crippen LogP contribution in [0.3, 0.4) is 0 Å². The maximum absolute atomic E-state index is 3.61. The third-order valence-electron chi connectivity index (χ3n) is 4.52. The van der Waals surface area contributed by atoms with Gasteiger partial charge in [0.2, 0.25) is 0 Å². The predicted octanol–water partition coefficient (Wildman–Crippen LogP) is 2.04. The molecule has 3 heteroatoms. The Labute approximate surface area is 114 Å². The van der Waals surface area contributed by atoms with Gasteiger partial charge in [0, 0.05) is 18.6 Å². The molecule has 18 heavy (non-hydrogen) atoms. The van der Waals surface area contributed by atoms with Crippen LogP contribution in [0.25, 0.3) is 0 Å². The fraction of sp³-hybridized carbons (Fsp3) is 1.00. The molecular formula is C15H33N3. The van der Waals surface area contributed by atoms with E-state index in [1.54, 1.807) is 0 Å². The molecule has 0 bridgehead atoms. The maximum atomic E-state index is 3.61. The second-order valence-electron chi connectivity index (χ2n) is 6.17. The molecule has 0 aromatic carbocycles. The lowest BCUT2D eigenvalue weighted by atomic mass is 9.96. The summed E-state index contributed by atoms with van der Waals surface area (Å²) in [4.78, 5) is 4.99. The molecule has 0 aromatic rings. The Morgan fingerprint density at radius 1 is 1.28 bits per heavy atom. The van der Waals surface area contributed by atoms with Crippen molar-refractivity contribution >= 4 is 0 Å². The zero-order valence-electron chi connectivity index (χ0n) is 13.1. The van der Waals surface area contributed by atoms with Gasteiger partial charge >= 0.3 is 0 Å². The van der Waals surface area contributed by atoms with E-state index in [1.807, 2.05) is 0 Å². The first kappa shape index (κ1) is 15.9. The normalized spacial score (nSPS) is 22.3. The number of rotatable bonds is 7. The fourth-order valence-corrected chi connectivity index (χ4v) is 2.74. The molecule has 3 nitrogen and oxygen atoms in total. The van der Waals surface area contributed by atoms with Crippen LogP contribution in [-0.4, -0.2) is 62.2 Å². The maximum Gasteiger partial charge on any atom is 0.0215 e. The van der Waals surface area contributed by atoms with E-state index in [0.29, 0.717) is 12.1 Å². The first-order valence-electron chi connectivity index (χ1n) is 7.66. The lowest BCUT2D eigenvalue weighted by Gasteiger charge is -2.36. The molecule has 1 N–H and O–H groups in total. The highest BCUT2D eigenvalue weighted by Gasteiger charge is 2.22. The van der Waals surface area contributed by atoms with Crippen molar-refractivity contribution in [3.05, 3.63) is 0 Å². The molecule has 1 heterocycles. The van der Waals surface area contributed by atoms with Crippen molar-refractivity contribution in [3.8, 4) is 0 Å². The van der Waals surface area contributed by atoms with E-state index in [9.17, 15) is 0 Å². The largest absolute Gasteiger partial charge is 0.313 e. The standard InChI is InChI=1S/C15H33N3/c1-6-9-16-13(2)14(3)18(5)12-15-7-10-17(4)11-8-15/h13-16H,6-12H2,1-5H3. The summed E-state index contributed by atoms with van der Waals surface area (Å²) >= 11 is 0. The van der Waals surface area contributed by atoms with E-state index >= 15 is 0 Å². The molecule has 108 valence electrons. The zero-order chi connectivity index (χ0) is 13.5. The van der Waals surface area contributed by atoms with Gasteiger partial charge in [-0.2, -0.15) is 0 Å². The number of hydrogen-bond donors (Lipinski definition) is 1. The highest BCUT2D eigenvalue weighted by atomic mass is 15.2. The minimum atomic E-state index is 0.584. The second kappa shape index (κ2) is 8.13. The van der Waals surface area contributed by atoms with Crippen molar-refractivity contribution in [1.29, 1.82) is 0 Å². The van der Waals surface area contributed by atoms with Crippen LogP contribution in [0.5, 0.6) is 0 Å². The summed E-state index contributed by atoms with van der Waals surface area (Å²) in [5.74, 6) is 0.895. The summed E-state index contributed by atoms with van der Waals surface area (Å²) in [5, 5.41) is 3.61. The monoisotopic (exact) mass is 255 g/mol. The Hall–Kier alpha value is -0.120. The van der Waals surface area contributed by atoms with Crippen molar-refractivity contribution in [3.63, 3.8) is 0 Å². The van der Waals surface area contributed by atoms with E-state index in [4.69, 9.17) is 0 Å². The molecule has 1 rings (SSSR count). The number of nitrogens with zero attached hydrogens (tertiary/aromatic N) is 2. The Balaban J connectivity index is 2.28. The van der Waals surface area contributed by atoms with Crippen molar-refractivity contribution in [2.45, 2.75) is 52.1 Å². The zero-order valence-corrected chi connectivity index (χ0v) is 13.1. The average molecular weight is 255 g/mol. The third-order valence-corrected chi connectivity index (χ3v) is 4.52. The molecular weight excluding hydrogens is 222 g/mol. The Morgan fingerprint density at radius 3 is 2.44 bits per heavy atom. The SMILES string of the molecule is CCCNC(C)C(C)N(C)CC1CCN(C)CC1. The van der Waals surface area contributed by atoms with Crippen LogP contribution in [0, 0.1) is 5.92 Å². The highest BCUT2D eigenvalue weighted by molar-refractivity contribution is 4.79. The molecule has 0 saturated carbocycles. The molecule has 0 radical (unpaired) electrons. The molecule has 0 aliphatic carbocycles. The molecule has 1 aliphatic rings. The Kier molecular flexibility index (Phi) is 7.20. The van der Waals surface area contributed by atoms with E-state index in [0.717, 1.165) is 12.5 Å². The summed E-state index contributed by atoms with van der Waals surface area (Å²) < 4.78 is 0. The number of likely N-dealkylation sites (N-methyl/N-ethyl adjacent to an activating group) is 1. The van der Waals surface area contributed by atoms with Crippen LogP contribution in [0.15, 0.2) is 0 Å². The van der Waals surface area contributed by atoms with Crippen molar-refractivity contribution < 1.29 is 0 Å². The van der Waals surface area contributed by atoms with Crippen LogP contribution in [0.4, 0.5) is 0 Å². The van der Waals surface area contributed by atoms with Crippen LogP contribution in [-0.2, 0) is 0 Å². The van der Waals surface area contributed by atoms with Crippen LogP contribution < -0.4 is 5.32 Å². The van der Waals surface area contributed by atoms with Crippen LogP contribution >= 0.6 is 0 Å². The summed E-state index contributed by atoms with van der Waals surface area (Å²) in [6.45, 7) is 11.8. The van der Waals surface area contributed by atoms with Crippen molar-refractivity contribution in [2.24, 2.45) is 5.92 Å². The van der Waals surface area contributed by atoms with E-state index in [2.05, 4.69) is 50.0 Å². The number of nitrogens with one attached hydrogen (secondary N) is 1. The van der Waals surface area contributed by atoms with Gasteiger partial charge in [-0.3, -0.25) is 0 Å². The molecule has 1 saturated heterocycles. The summed E-state index contributed by atoms with van der Waals surface area (Å²) in [7, 11) is 4.52. The number of hydrogen-bond acceptors (Lipinski definition) is 3. The molecule has 1 aliphatic heterocycles. The Morgan fingerprint density at radius 2 is 1.89 bits per heavy atom. The first-order chi connectivity index (χ1) is 8.54. The van der Waals surface area contributed by atoms with Gasteiger partial charge in [-0.1, -0.05) is 6.92 Å². The van der Waals surface area contributed by atoms with Crippen LogP contribution in [0.2, 0.25) is 0 Å². The number of piperidine rings is 1. The third kappa shape index (κ3) is 5.25. The molecule has 2 atom stereocenters. The molecule has 1 fully saturated rings. The molecule has 0 aromatic heterocycles. The molecule has 0 amide bonds.